The number of rotatable bonds is 6. The number of H-pyrrole nitrogens is 1. The number of hydrogen-bond donors (Lipinski definition) is 2. The molecule has 2 aromatic heterocycles. The lowest BCUT2D eigenvalue weighted by Gasteiger charge is -2.06. The Balaban J connectivity index is 1.22. The number of nitrogens with one attached hydrogen (secondary N) is 2. The number of para-hydroxylation sites is 2. The fourth-order valence-electron chi connectivity index (χ4n) is 3.07. The Morgan fingerprint density at radius 1 is 1.18 bits per heavy atom. The summed E-state index contributed by atoms with van der Waals surface area (Å²) in [5.41, 5.74) is 3.67. The van der Waals surface area contributed by atoms with Crippen LogP contribution in [0.25, 0.3) is 22.4 Å². The number of anilines is 1. The van der Waals surface area contributed by atoms with Crippen LogP contribution >= 0.6 is 11.8 Å². The van der Waals surface area contributed by atoms with Gasteiger partial charge in [-0.1, -0.05) is 23.9 Å². The zero-order chi connectivity index (χ0) is 18.9. The van der Waals surface area contributed by atoms with Crippen molar-refractivity contribution in [3.63, 3.8) is 0 Å². The van der Waals surface area contributed by atoms with Crippen LogP contribution in [0.2, 0.25) is 0 Å². The minimum atomic E-state index is -0.0631. The van der Waals surface area contributed by atoms with Crippen LogP contribution in [0.1, 0.15) is 18.9 Å². The molecule has 8 heteroatoms. The van der Waals surface area contributed by atoms with E-state index in [9.17, 15) is 4.79 Å². The van der Waals surface area contributed by atoms with E-state index < -0.39 is 0 Å². The van der Waals surface area contributed by atoms with E-state index in [4.69, 9.17) is 0 Å². The van der Waals surface area contributed by atoms with Crippen molar-refractivity contribution in [2.24, 2.45) is 0 Å². The summed E-state index contributed by atoms with van der Waals surface area (Å²) in [5, 5.41) is 11.8. The number of hydrogen-bond acceptors (Lipinski definition) is 5. The minimum Gasteiger partial charge on any atom is -0.338 e. The molecule has 1 fully saturated rings. The molecular formula is C20H18N6OS. The number of amides is 1. The van der Waals surface area contributed by atoms with Crippen molar-refractivity contribution in [2.45, 2.75) is 24.0 Å². The quantitative estimate of drug-likeness (QED) is 0.488. The molecule has 1 aliphatic carbocycles. The second kappa shape index (κ2) is 7.12. The predicted molar refractivity (Wildman–Crippen MR) is 109 cm³/mol. The highest BCUT2D eigenvalue weighted by Gasteiger charge is 2.26. The molecular weight excluding hydrogens is 372 g/mol. The zero-order valence-electron chi connectivity index (χ0n) is 15.0. The summed E-state index contributed by atoms with van der Waals surface area (Å²) < 4.78 is 2.06. The fourth-order valence-corrected chi connectivity index (χ4v) is 3.85. The predicted octanol–water partition coefficient (Wildman–Crippen LogP) is 3.89. The number of aromatic amines is 1. The van der Waals surface area contributed by atoms with Gasteiger partial charge in [-0.25, -0.2) is 4.98 Å². The first kappa shape index (κ1) is 17.0. The van der Waals surface area contributed by atoms with Gasteiger partial charge >= 0.3 is 0 Å². The van der Waals surface area contributed by atoms with Crippen molar-refractivity contribution in [1.82, 2.24) is 24.7 Å². The lowest BCUT2D eigenvalue weighted by Crippen LogP contribution is -2.14. The molecule has 2 N–H and O–H groups in total. The largest absolute Gasteiger partial charge is 0.338 e. The van der Waals surface area contributed by atoms with Gasteiger partial charge in [0.15, 0.2) is 5.16 Å². The van der Waals surface area contributed by atoms with Gasteiger partial charge in [-0.15, -0.1) is 10.2 Å². The Bertz CT molecular complexity index is 1100. The number of carbonyl (C=O) groups is 1. The molecule has 0 radical (unpaired) electrons. The summed E-state index contributed by atoms with van der Waals surface area (Å²) in [4.78, 5) is 20.2. The van der Waals surface area contributed by atoms with E-state index in [0.29, 0.717) is 11.8 Å². The third kappa shape index (κ3) is 3.50. The lowest BCUT2D eigenvalue weighted by molar-refractivity contribution is -0.113. The van der Waals surface area contributed by atoms with Gasteiger partial charge in [-0.05, 0) is 49.2 Å². The second-order valence-electron chi connectivity index (χ2n) is 6.77. The number of benzene rings is 2. The van der Waals surface area contributed by atoms with Crippen molar-refractivity contribution >= 4 is 34.4 Å². The smallest absolute Gasteiger partial charge is 0.234 e. The molecule has 2 heterocycles. The van der Waals surface area contributed by atoms with Crippen molar-refractivity contribution in [2.75, 3.05) is 11.1 Å². The summed E-state index contributed by atoms with van der Waals surface area (Å²) in [6.07, 6.45) is 4.07. The molecule has 0 spiro atoms. The van der Waals surface area contributed by atoms with Gasteiger partial charge in [0, 0.05) is 17.3 Å². The first-order valence-corrected chi connectivity index (χ1v) is 10.1. The molecule has 1 amide bonds. The number of nitrogens with zero attached hydrogens (tertiary/aromatic N) is 4. The van der Waals surface area contributed by atoms with E-state index in [-0.39, 0.29) is 5.91 Å². The Labute approximate surface area is 165 Å². The third-order valence-corrected chi connectivity index (χ3v) is 5.60. The van der Waals surface area contributed by atoms with Gasteiger partial charge in [0.05, 0.1) is 16.8 Å². The van der Waals surface area contributed by atoms with E-state index in [1.165, 1.54) is 11.8 Å². The van der Waals surface area contributed by atoms with E-state index in [1.54, 1.807) is 6.33 Å². The lowest BCUT2D eigenvalue weighted by atomic mass is 10.2. The van der Waals surface area contributed by atoms with Crippen LogP contribution in [0.15, 0.2) is 60.0 Å². The van der Waals surface area contributed by atoms with Crippen LogP contribution in [-0.2, 0) is 4.79 Å². The van der Waals surface area contributed by atoms with Crippen molar-refractivity contribution in [3.05, 3.63) is 54.9 Å². The maximum atomic E-state index is 12.3. The number of fused-ring (bicyclic) bond motifs is 1. The summed E-state index contributed by atoms with van der Waals surface area (Å²) in [5.74, 6) is 1.05. The first-order chi connectivity index (χ1) is 13.8. The van der Waals surface area contributed by atoms with E-state index >= 15 is 0 Å². The molecule has 0 bridgehead atoms. The van der Waals surface area contributed by atoms with Crippen LogP contribution in [-0.4, -0.2) is 36.4 Å². The molecule has 140 valence electrons. The Morgan fingerprint density at radius 2 is 2.00 bits per heavy atom. The van der Waals surface area contributed by atoms with Gasteiger partial charge in [-0.3, -0.25) is 4.79 Å². The number of thioether (sulfide) groups is 1. The number of imidazole rings is 1. The van der Waals surface area contributed by atoms with E-state index in [1.807, 2.05) is 48.5 Å². The Morgan fingerprint density at radius 3 is 2.79 bits per heavy atom. The molecule has 4 aromatic rings. The minimum absolute atomic E-state index is 0.0631. The standard InChI is InChI=1S/C20H18N6OS/c27-18(11-28-20-25-21-12-26(20)15-9-10-15)22-14-7-5-13(6-8-14)19-23-16-3-1-2-4-17(16)24-19/h1-8,12,15H,9-11H2,(H,22,27)(H,23,24). The molecule has 0 atom stereocenters. The van der Waals surface area contributed by atoms with Gasteiger partial charge in [0.2, 0.25) is 5.91 Å². The van der Waals surface area contributed by atoms with Crippen LogP contribution in [0.3, 0.4) is 0 Å². The fraction of sp³-hybridized carbons (Fsp3) is 0.200. The SMILES string of the molecule is O=C(CSc1nncn1C1CC1)Nc1ccc(-c2nc3ccccc3[nH]2)cc1. The van der Waals surface area contributed by atoms with Gasteiger partial charge in [0.1, 0.15) is 12.2 Å². The molecule has 0 aliphatic heterocycles. The topological polar surface area (TPSA) is 88.5 Å². The molecule has 2 aromatic carbocycles. The number of carbonyl (C=O) groups excluding carboxylic acids is 1. The van der Waals surface area contributed by atoms with E-state index in [2.05, 4.69) is 30.0 Å². The second-order valence-corrected chi connectivity index (χ2v) is 7.71. The third-order valence-electron chi connectivity index (χ3n) is 4.64. The Hall–Kier alpha value is -3.13. The normalized spacial score (nSPS) is 13.7. The first-order valence-electron chi connectivity index (χ1n) is 9.13. The summed E-state index contributed by atoms with van der Waals surface area (Å²) >= 11 is 1.41. The van der Waals surface area contributed by atoms with Gasteiger partial charge in [0.25, 0.3) is 0 Å². The van der Waals surface area contributed by atoms with E-state index in [0.717, 1.165) is 46.1 Å². The zero-order valence-corrected chi connectivity index (χ0v) is 15.8. The average molecular weight is 390 g/mol. The maximum Gasteiger partial charge on any atom is 0.234 e. The van der Waals surface area contributed by atoms with Crippen LogP contribution in [0.4, 0.5) is 5.69 Å². The van der Waals surface area contributed by atoms with Gasteiger partial charge in [-0.2, -0.15) is 0 Å². The highest BCUT2D eigenvalue weighted by atomic mass is 32.2. The molecule has 0 saturated heterocycles. The molecule has 7 nitrogen and oxygen atoms in total. The van der Waals surface area contributed by atoms with Crippen LogP contribution in [0.5, 0.6) is 0 Å². The molecule has 1 saturated carbocycles. The molecule has 1 aliphatic rings. The Kier molecular flexibility index (Phi) is 4.32. The van der Waals surface area contributed by atoms with Crippen molar-refractivity contribution in [3.8, 4) is 11.4 Å². The summed E-state index contributed by atoms with van der Waals surface area (Å²) in [6.45, 7) is 0. The average Bonchev–Trinajstić information content (AvgIpc) is 3.29. The van der Waals surface area contributed by atoms with Crippen LogP contribution in [0, 0.1) is 0 Å². The monoisotopic (exact) mass is 390 g/mol. The van der Waals surface area contributed by atoms with Gasteiger partial charge < -0.3 is 14.9 Å². The number of aromatic nitrogens is 5. The summed E-state index contributed by atoms with van der Waals surface area (Å²) in [7, 11) is 0. The maximum absolute atomic E-state index is 12.3. The molecule has 5 rings (SSSR count). The van der Waals surface area contributed by atoms with Crippen LogP contribution < -0.4 is 5.32 Å². The molecule has 28 heavy (non-hydrogen) atoms. The van der Waals surface area contributed by atoms with Crippen molar-refractivity contribution in [1.29, 1.82) is 0 Å². The molecule has 0 unspecified atom stereocenters. The summed E-state index contributed by atoms with van der Waals surface area (Å²) in [6, 6.07) is 16.1. The van der Waals surface area contributed by atoms with Crippen molar-refractivity contribution < 1.29 is 4.79 Å². The highest BCUT2D eigenvalue weighted by molar-refractivity contribution is 7.99. The highest BCUT2D eigenvalue weighted by Crippen LogP contribution is 2.37.